The van der Waals surface area contributed by atoms with Crippen LogP contribution in [-0.4, -0.2) is 23.4 Å². The zero-order chi connectivity index (χ0) is 7.82. The Kier molecular flexibility index (Phi) is 6.55. The molecule has 1 unspecified atom stereocenters. The minimum absolute atomic E-state index is 0.210. The van der Waals surface area contributed by atoms with E-state index >= 15 is 0 Å². The van der Waals surface area contributed by atoms with Gasteiger partial charge in [-0.05, 0) is 25.2 Å². The summed E-state index contributed by atoms with van der Waals surface area (Å²) in [7, 11) is 0. The molecular weight excluding hydrogens is 128 g/mol. The molecule has 60 valence electrons. The van der Waals surface area contributed by atoms with Crippen LogP contribution in [0.3, 0.4) is 0 Å². The highest BCUT2D eigenvalue weighted by Gasteiger charge is 2.01. The van der Waals surface area contributed by atoms with E-state index in [2.05, 4.69) is 6.58 Å². The van der Waals surface area contributed by atoms with Gasteiger partial charge >= 0.3 is 0 Å². The van der Waals surface area contributed by atoms with Crippen molar-refractivity contribution in [3.8, 4) is 0 Å². The first-order valence-electron chi connectivity index (χ1n) is 3.69. The van der Waals surface area contributed by atoms with Gasteiger partial charge in [0.25, 0.3) is 0 Å². The first kappa shape index (κ1) is 9.66. The second kappa shape index (κ2) is 6.78. The molecule has 0 aliphatic rings. The van der Waals surface area contributed by atoms with E-state index in [1.54, 1.807) is 0 Å². The van der Waals surface area contributed by atoms with E-state index < -0.39 is 0 Å². The summed E-state index contributed by atoms with van der Waals surface area (Å²) >= 11 is 0. The molecule has 10 heavy (non-hydrogen) atoms. The van der Waals surface area contributed by atoms with Crippen molar-refractivity contribution < 1.29 is 10.2 Å². The van der Waals surface area contributed by atoms with Crippen LogP contribution >= 0.6 is 0 Å². The number of rotatable bonds is 6. The van der Waals surface area contributed by atoms with Gasteiger partial charge < -0.3 is 10.2 Å². The van der Waals surface area contributed by atoms with Crippen LogP contribution in [0.5, 0.6) is 0 Å². The van der Waals surface area contributed by atoms with Gasteiger partial charge in [-0.3, -0.25) is 0 Å². The maximum absolute atomic E-state index is 8.56. The normalized spacial score (nSPS) is 13.0. The van der Waals surface area contributed by atoms with Crippen LogP contribution in [0, 0.1) is 5.92 Å². The van der Waals surface area contributed by atoms with Crippen LogP contribution < -0.4 is 0 Å². The fraction of sp³-hybridized carbons (Fsp3) is 0.750. The van der Waals surface area contributed by atoms with Crippen molar-refractivity contribution in [1.82, 2.24) is 0 Å². The smallest absolute Gasteiger partial charge is 0.0436 e. The lowest BCUT2D eigenvalue weighted by atomic mass is 10.0. The van der Waals surface area contributed by atoms with Gasteiger partial charge in [-0.25, -0.2) is 0 Å². The number of hydrogen-bond acceptors (Lipinski definition) is 2. The summed E-state index contributed by atoms with van der Waals surface area (Å²) in [6, 6.07) is 0. The highest BCUT2D eigenvalue weighted by Crippen LogP contribution is 2.10. The van der Waals surface area contributed by atoms with Gasteiger partial charge in [-0.1, -0.05) is 6.08 Å². The molecule has 0 aliphatic heterocycles. The van der Waals surface area contributed by atoms with Crippen LogP contribution in [0.4, 0.5) is 0 Å². The van der Waals surface area contributed by atoms with Crippen molar-refractivity contribution in [2.24, 2.45) is 5.92 Å². The molecule has 2 N–H and O–H groups in total. The molecule has 0 bridgehead atoms. The summed E-state index contributed by atoms with van der Waals surface area (Å²) in [5, 5.41) is 17.0. The summed E-state index contributed by atoms with van der Waals surface area (Å²) in [6.07, 6.45) is 4.34. The molecule has 0 rings (SSSR count). The van der Waals surface area contributed by atoms with Gasteiger partial charge in [0.15, 0.2) is 0 Å². The first-order valence-corrected chi connectivity index (χ1v) is 3.69. The van der Waals surface area contributed by atoms with E-state index in [1.807, 2.05) is 6.08 Å². The highest BCUT2D eigenvalue weighted by molar-refractivity contribution is 4.78. The fourth-order valence-electron chi connectivity index (χ4n) is 0.899. The fourth-order valence-corrected chi connectivity index (χ4v) is 0.899. The summed E-state index contributed by atoms with van der Waals surface area (Å²) in [4.78, 5) is 0. The van der Waals surface area contributed by atoms with Crippen LogP contribution in [-0.2, 0) is 0 Å². The lowest BCUT2D eigenvalue weighted by Crippen LogP contribution is -2.00. The van der Waals surface area contributed by atoms with E-state index in [0.717, 1.165) is 19.3 Å². The van der Waals surface area contributed by atoms with Crippen LogP contribution in [0.1, 0.15) is 19.3 Å². The Labute approximate surface area is 62.2 Å². The molecule has 0 fully saturated rings. The monoisotopic (exact) mass is 144 g/mol. The van der Waals surface area contributed by atoms with Gasteiger partial charge in [0.05, 0.1) is 0 Å². The van der Waals surface area contributed by atoms with Crippen LogP contribution in [0.2, 0.25) is 0 Å². The number of aliphatic hydroxyl groups excluding tert-OH is 2. The maximum atomic E-state index is 8.56. The SMILES string of the molecule is C=CC(CCO)CCCO. The van der Waals surface area contributed by atoms with Gasteiger partial charge in [-0.15, -0.1) is 6.58 Å². The Balaban J connectivity index is 3.29. The molecule has 0 amide bonds. The molecule has 2 nitrogen and oxygen atoms in total. The van der Waals surface area contributed by atoms with Crippen molar-refractivity contribution in [3.63, 3.8) is 0 Å². The van der Waals surface area contributed by atoms with E-state index in [0.29, 0.717) is 5.92 Å². The third kappa shape index (κ3) is 4.53. The number of aliphatic hydroxyl groups is 2. The van der Waals surface area contributed by atoms with Gasteiger partial charge in [0.2, 0.25) is 0 Å². The largest absolute Gasteiger partial charge is 0.396 e. The average Bonchev–Trinajstić information content (AvgIpc) is 1.98. The molecule has 0 saturated carbocycles. The Bertz CT molecular complexity index is 81.3. The number of allylic oxidation sites excluding steroid dienone is 1. The highest BCUT2D eigenvalue weighted by atomic mass is 16.3. The summed E-state index contributed by atoms with van der Waals surface area (Å²) in [5.41, 5.74) is 0. The quantitative estimate of drug-likeness (QED) is 0.545. The molecule has 0 saturated heterocycles. The standard InChI is InChI=1S/C8H16O2/c1-2-8(5-7-10)4-3-6-9/h2,8-10H,1,3-7H2. The van der Waals surface area contributed by atoms with Crippen molar-refractivity contribution in [2.75, 3.05) is 13.2 Å². The molecule has 0 spiro atoms. The summed E-state index contributed by atoms with van der Waals surface area (Å²) in [5.74, 6) is 0.372. The Hall–Kier alpha value is -0.340. The van der Waals surface area contributed by atoms with E-state index in [4.69, 9.17) is 10.2 Å². The van der Waals surface area contributed by atoms with Gasteiger partial charge in [0, 0.05) is 13.2 Å². The van der Waals surface area contributed by atoms with Crippen molar-refractivity contribution >= 4 is 0 Å². The molecule has 2 heteroatoms. The Morgan fingerprint density at radius 3 is 2.30 bits per heavy atom. The zero-order valence-corrected chi connectivity index (χ0v) is 6.29. The minimum atomic E-state index is 0.210. The van der Waals surface area contributed by atoms with E-state index in [9.17, 15) is 0 Å². The van der Waals surface area contributed by atoms with E-state index in [1.165, 1.54) is 0 Å². The number of hydrogen-bond donors (Lipinski definition) is 2. The molecule has 0 aliphatic carbocycles. The second-order valence-electron chi connectivity index (χ2n) is 2.37. The second-order valence-corrected chi connectivity index (χ2v) is 2.37. The molecule has 1 atom stereocenters. The Morgan fingerprint density at radius 2 is 1.90 bits per heavy atom. The maximum Gasteiger partial charge on any atom is 0.0436 e. The molecule has 0 aromatic heterocycles. The van der Waals surface area contributed by atoms with Crippen molar-refractivity contribution in [3.05, 3.63) is 12.7 Å². The Morgan fingerprint density at radius 1 is 1.20 bits per heavy atom. The minimum Gasteiger partial charge on any atom is -0.396 e. The van der Waals surface area contributed by atoms with E-state index in [-0.39, 0.29) is 13.2 Å². The molecule has 0 aromatic carbocycles. The van der Waals surface area contributed by atoms with Crippen LogP contribution in [0.25, 0.3) is 0 Å². The molecular formula is C8H16O2. The summed E-state index contributed by atoms with van der Waals surface area (Å²) < 4.78 is 0. The predicted octanol–water partition coefficient (Wildman–Crippen LogP) is 0.944. The van der Waals surface area contributed by atoms with Crippen LogP contribution in [0.15, 0.2) is 12.7 Å². The third-order valence-electron chi connectivity index (χ3n) is 1.57. The van der Waals surface area contributed by atoms with Gasteiger partial charge in [-0.2, -0.15) is 0 Å². The van der Waals surface area contributed by atoms with Crippen molar-refractivity contribution in [2.45, 2.75) is 19.3 Å². The predicted molar refractivity (Wildman–Crippen MR) is 41.7 cm³/mol. The molecule has 0 radical (unpaired) electrons. The lowest BCUT2D eigenvalue weighted by Gasteiger charge is -2.08. The van der Waals surface area contributed by atoms with Crippen molar-refractivity contribution in [1.29, 1.82) is 0 Å². The lowest BCUT2D eigenvalue weighted by molar-refractivity contribution is 0.247. The average molecular weight is 144 g/mol. The third-order valence-corrected chi connectivity index (χ3v) is 1.57. The molecule has 0 heterocycles. The summed E-state index contributed by atoms with van der Waals surface area (Å²) in [6.45, 7) is 4.08. The first-order chi connectivity index (χ1) is 4.85. The zero-order valence-electron chi connectivity index (χ0n) is 6.29. The topological polar surface area (TPSA) is 40.5 Å². The molecule has 0 aromatic rings. The van der Waals surface area contributed by atoms with Gasteiger partial charge in [0.1, 0.15) is 0 Å².